The van der Waals surface area contributed by atoms with E-state index >= 15 is 0 Å². The van der Waals surface area contributed by atoms with Gasteiger partial charge in [-0.2, -0.15) is 0 Å². The monoisotopic (exact) mass is 286 g/mol. The maximum atomic E-state index is 12.4. The number of para-hydroxylation sites is 1. The molecule has 2 aliphatic carbocycles. The van der Waals surface area contributed by atoms with E-state index in [0.717, 1.165) is 17.8 Å². The lowest BCUT2D eigenvalue weighted by Gasteiger charge is -2.26. The standard InChI is InChI=1S/C18H26N2O/c21-18(19-13-14-7-6-8-14)16-11-4-5-12-17(16)20-15-9-2-1-3-10-15/h4-5,11-12,14-15,20H,1-3,6-10,13H2,(H,19,21). The minimum absolute atomic E-state index is 0.0702. The fourth-order valence-electron chi connectivity index (χ4n) is 3.30. The average Bonchev–Trinajstić information content (AvgIpc) is 2.47. The molecule has 3 rings (SSSR count). The van der Waals surface area contributed by atoms with Crippen LogP contribution in [0, 0.1) is 5.92 Å². The zero-order valence-corrected chi connectivity index (χ0v) is 12.7. The number of hydrogen-bond acceptors (Lipinski definition) is 2. The van der Waals surface area contributed by atoms with Gasteiger partial charge in [-0.05, 0) is 43.7 Å². The van der Waals surface area contributed by atoms with Crippen molar-refractivity contribution in [2.24, 2.45) is 5.92 Å². The highest BCUT2D eigenvalue weighted by molar-refractivity contribution is 5.99. The number of hydrogen-bond donors (Lipinski definition) is 2. The van der Waals surface area contributed by atoms with Gasteiger partial charge in [-0.25, -0.2) is 0 Å². The van der Waals surface area contributed by atoms with Crippen molar-refractivity contribution < 1.29 is 4.79 Å². The second-order valence-corrected chi connectivity index (χ2v) is 6.53. The summed E-state index contributed by atoms with van der Waals surface area (Å²) in [4.78, 5) is 12.4. The van der Waals surface area contributed by atoms with E-state index in [4.69, 9.17) is 0 Å². The molecule has 0 spiro atoms. The molecule has 0 saturated heterocycles. The Hall–Kier alpha value is -1.51. The minimum atomic E-state index is 0.0702. The SMILES string of the molecule is O=C(NCC1CCC1)c1ccccc1NC1CCCCC1. The van der Waals surface area contributed by atoms with E-state index in [1.807, 2.05) is 24.3 Å². The van der Waals surface area contributed by atoms with Gasteiger partial charge < -0.3 is 10.6 Å². The van der Waals surface area contributed by atoms with Gasteiger partial charge in [0.25, 0.3) is 5.91 Å². The van der Waals surface area contributed by atoms with Crippen LogP contribution in [0.15, 0.2) is 24.3 Å². The van der Waals surface area contributed by atoms with Crippen LogP contribution in [-0.2, 0) is 0 Å². The Morgan fingerprint density at radius 1 is 1.00 bits per heavy atom. The van der Waals surface area contributed by atoms with Crippen LogP contribution in [0.3, 0.4) is 0 Å². The Bertz CT molecular complexity index is 476. The molecule has 114 valence electrons. The van der Waals surface area contributed by atoms with Crippen molar-refractivity contribution >= 4 is 11.6 Å². The Morgan fingerprint density at radius 2 is 1.76 bits per heavy atom. The van der Waals surface area contributed by atoms with Gasteiger partial charge in [-0.3, -0.25) is 4.79 Å². The topological polar surface area (TPSA) is 41.1 Å². The summed E-state index contributed by atoms with van der Waals surface area (Å²) >= 11 is 0. The largest absolute Gasteiger partial charge is 0.382 e. The molecule has 1 aromatic rings. The van der Waals surface area contributed by atoms with Crippen LogP contribution in [0.4, 0.5) is 5.69 Å². The van der Waals surface area contributed by atoms with Crippen LogP contribution < -0.4 is 10.6 Å². The molecule has 0 bridgehead atoms. The molecule has 0 unspecified atom stereocenters. The zero-order valence-electron chi connectivity index (χ0n) is 12.7. The molecule has 0 aliphatic heterocycles. The van der Waals surface area contributed by atoms with Gasteiger partial charge >= 0.3 is 0 Å². The first-order valence-electron chi connectivity index (χ1n) is 8.46. The highest BCUT2D eigenvalue weighted by Crippen LogP contribution is 2.26. The molecule has 0 heterocycles. The van der Waals surface area contributed by atoms with Crippen LogP contribution in [0.5, 0.6) is 0 Å². The molecule has 1 aromatic carbocycles. The van der Waals surface area contributed by atoms with Crippen LogP contribution in [0.1, 0.15) is 61.7 Å². The fraction of sp³-hybridized carbons (Fsp3) is 0.611. The lowest BCUT2D eigenvalue weighted by Crippen LogP contribution is -2.33. The van der Waals surface area contributed by atoms with Gasteiger partial charge in [-0.1, -0.05) is 37.8 Å². The van der Waals surface area contributed by atoms with Gasteiger partial charge in [0, 0.05) is 18.3 Å². The third-order valence-electron chi connectivity index (χ3n) is 4.91. The van der Waals surface area contributed by atoms with Crippen molar-refractivity contribution in [2.75, 3.05) is 11.9 Å². The van der Waals surface area contributed by atoms with Crippen molar-refractivity contribution in [3.63, 3.8) is 0 Å². The number of nitrogens with one attached hydrogen (secondary N) is 2. The van der Waals surface area contributed by atoms with E-state index in [-0.39, 0.29) is 5.91 Å². The summed E-state index contributed by atoms with van der Waals surface area (Å²) in [6, 6.07) is 8.45. The maximum Gasteiger partial charge on any atom is 0.253 e. The number of anilines is 1. The van der Waals surface area contributed by atoms with Gasteiger partial charge in [0.15, 0.2) is 0 Å². The van der Waals surface area contributed by atoms with Gasteiger partial charge in [-0.15, -0.1) is 0 Å². The van der Waals surface area contributed by atoms with Crippen LogP contribution in [0.25, 0.3) is 0 Å². The molecule has 2 fully saturated rings. The second kappa shape index (κ2) is 6.97. The maximum absolute atomic E-state index is 12.4. The first-order valence-corrected chi connectivity index (χ1v) is 8.46. The summed E-state index contributed by atoms with van der Waals surface area (Å²) in [6.07, 6.45) is 10.2. The molecule has 3 heteroatoms. The number of benzene rings is 1. The molecule has 0 aromatic heterocycles. The molecule has 0 atom stereocenters. The van der Waals surface area contributed by atoms with Gasteiger partial charge in [0.1, 0.15) is 0 Å². The van der Waals surface area contributed by atoms with Crippen LogP contribution in [-0.4, -0.2) is 18.5 Å². The second-order valence-electron chi connectivity index (χ2n) is 6.53. The first kappa shape index (κ1) is 14.4. The first-order chi connectivity index (χ1) is 10.3. The van der Waals surface area contributed by atoms with Crippen molar-refractivity contribution in [1.29, 1.82) is 0 Å². The number of rotatable bonds is 5. The van der Waals surface area contributed by atoms with Crippen molar-refractivity contribution in [2.45, 2.75) is 57.4 Å². The molecular weight excluding hydrogens is 260 g/mol. The normalized spacial score (nSPS) is 19.8. The van der Waals surface area contributed by atoms with Crippen molar-refractivity contribution in [3.05, 3.63) is 29.8 Å². The van der Waals surface area contributed by atoms with E-state index < -0.39 is 0 Å². The summed E-state index contributed by atoms with van der Waals surface area (Å²) in [5, 5.41) is 6.68. The fourth-order valence-corrected chi connectivity index (χ4v) is 3.30. The Morgan fingerprint density at radius 3 is 2.48 bits per heavy atom. The van der Waals surface area contributed by atoms with E-state index in [2.05, 4.69) is 10.6 Å². The number of carbonyl (C=O) groups is 1. The quantitative estimate of drug-likeness (QED) is 0.860. The summed E-state index contributed by atoms with van der Waals surface area (Å²) in [7, 11) is 0. The third kappa shape index (κ3) is 3.78. The van der Waals surface area contributed by atoms with E-state index in [9.17, 15) is 4.79 Å². The van der Waals surface area contributed by atoms with Crippen LogP contribution in [0.2, 0.25) is 0 Å². The Balaban J connectivity index is 1.61. The highest BCUT2D eigenvalue weighted by atomic mass is 16.1. The molecule has 2 N–H and O–H groups in total. The summed E-state index contributed by atoms with van der Waals surface area (Å²) < 4.78 is 0. The lowest BCUT2D eigenvalue weighted by atomic mass is 9.85. The average molecular weight is 286 g/mol. The Kier molecular flexibility index (Phi) is 4.79. The van der Waals surface area contributed by atoms with E-state index in [1.165, 1.54) is 51.4 Å². The van der Waals surface area contributed by atoms with Crippen LogP contribution >= 0.6 is 0 Å². The number of carbonyl (C=O) groups excluding carboxylic acids is 1. The van der Waals surface area contributed by atoms with E-state index in [0.29, 0.717) is 12.0 Å². The van der Waals surface area contributed by atoms with E-state index in [1.54, 1.807) is 0 Å². The zero-order chi connectivity index (χ0) is 14.5. The number of amides is 1. The molecule has 21 heavy (non-hydrogen) atoms. The van der Waals surface area contributed by atoms with Gasteiger partial charge in [0.05, 0.1) is 5.56 Å². The summed E-state index contributed by atoms with van der Waals surface area (Å²) in [5.41, 5.74) is 1.79. The predicted octanol–water partition coefficient (Wildman–Crippen LogP) is 3.96. The highest BCUT2D eigenvalue weighted by Gasteiger charge is 2.20. The third-order valence-corrected chi connectivity index (χ3v) is 4.91. The lowest BCUT2D eigenvalue weighted by molar-refractivity contribution is 0.0940. The molecule has 2 aliphatic rings. The molecular formula is C18H26N2O. The Labute approximate surface area is 127 Å². The van der Waals surface area contributed by atoms with Crippen molar-refractivity contribution in [1.82, 2.24) is 5.32 Å². The summed E-state index contributed by atoms with van der Waals surface area (Å²) in [6.45, 7) is 0.830. The smallest absolute Gasteiger partial charge is 0.253 e. The van der Waals surface area contributed by atoms with Crippen molar-refractivity contribution in [3.8, 4) is 0 Å². The molecule has 1 amide bonds. The van der Waals surface area contributed by atoms with Gasteiger partial charge in [0.2, 0.25) is 0 Å². The minimum Gasteiger partial charge on any atom is -0.382 e. The molecule has 3 nitrogen and oxygen atoms in total. The molecule has 0 radical (unpaired) electrons. The summed E-state index contributed by atoms with van der Waals surface area (Å²) in [5.74, 6) is 0.772. The predicted molar refractivity (Wildman–Crippen MR) is 86.6 cm³/mol. The molecule has 2 saturated carbocycles.